The van der Waals surface area contributed by atoms with Crippen LogP contribution in [0.15, 0.2) is 48.9 Å². The first kappa shape index (κ1) is 28.0. The zero-order valence-corrected chi connectivity index (χ0v) is 23.2. The van der Waals surface area contributed by atoms with Gasteiger partial charge in [-0.15, -0.1) is 0 Å². The highest BCUT2D eigenvalue weighted by atomic mass is 19.3. The van der Waals surface area contributed by atoms with Gasteiger partial charge in [-0.2, -0.15) is 8.78 Å². The highest BCUT2D eigenvalue weighted by Crippen LogP contribution is 2.39. The summed E-state index contributed by atoms with van der Waals surface area (Å²) in [4.78, 5) is 28.0. The Morgan fingerprint density at radius 1 is 1.19 bits per heavy atom. The Labute approximate surface area is 240 Å². The van der Waals surface area contributed by atoms with Gasteiger partial charge in [-0.1, -0.05) is 18.2 Å². The van der Waals surface area contributed by atoms with Crippen molar-refractivity contribution in [1.29, 1.82) is 0 Å². The number of hydrogen-bond acceptors (Lipinski definition) is 8. The predicted molar refractivity (Wildman–Crippen MR) is 147 cm³/mol. The summed E-state index contributed by atoms with van der Waals surface area (Å²) in [7, 11) is 0. The topological polar surface area (TPSA) is 91.1 Å². The fourth-order valence-corrected chi connectivity index (χ4v) is 5.63. The van der Waals surface area contributed by atoms with Crippen LogP contribution >= 0.6 is 0 Å². The Bertz CT molecular complexity index is 1600. The van der Waals surface area contributed by atoms with Crippen molar-refractivity contribution in [2.75, 3.05) is 31.2 Å². The molecule has 12 heteroatoms. The number of carbonyl (C=O) groups excluding carboxylic acids is 1. The molecule has 0 aliphatic carbocycles. The molecule has 1 saturated heterocycles. The number of para-hydroxylation sites is 1. The lowest BCUT2D eigenvalue weighted by molar-refractivity contribution is -0.155. The highest BCUT2D eigenvalue weighted by Gasteiger charge is 2.39. The molecule has 1 aromatic carbocycles. The molecule has 1 fully saturated rings. The minimum atomic E-state index is -2.99. The van der Waals surface area contributed by atoms with Gasteiger partial charge in [0.05, 0.1) is 30.0 Å². The third kappa shape index (κ3) is 5.15. The molecule has 4 aromatic rings. The number of esters is 1. The van der Waals surface area contributed by atoms with Crippen LogP contribution in [0.25, 0.3) is 16.8 Å². The molecule has 0 radical (unpaired) electrons. The van der Waals surface area contributed by atoms with Crippen molar-refractivity contribution in [3.63, 3.8) is 0 Å². The summed E-state index contributed by atoms with van der Waals surface area (Å²) in [5.41, 5.74) is 2.30. The third-order valence-electron chi connectivity index (χ3n) is 7.98. The number of alkyl halides is 2. The zero-order chi connectivity index (χ0) is 29.4. The molecule has 0 amide bonds. The summed E-state index contributed by atoms with van der Waals surface area (Å²) in [5, 5.41) is 0. The lowest BCUT2D eigenvalue weighted by Gasteiger charge is -2.37. The average molecular weight is 582 g/mol. The number of rotatable bonds is 7. The fourth-order valence-electron chi connectivity index (χ4n) is 5.63. The number of benzene rings is 1. The molecule has 9 nitrogen and oxygen atoms in total. The van der Waals surface area contributed by atoms with Gasteiger partial charge in [0.1, 0.15) is 23.3 Å². The number of halogens is 3. The van der Waals surface area contributed by atoms with Crippen LogP contribution in [0, 0.1) is 11.2 Å². The number of nitrogens with zero attached hydrogens (tertiary/aromatic N) is 5. The number of imidazole rings is 1. The number of fused-ring (bicyclic) bond motifs is 3. The fraction of sp³-hybridized carbons (Fsp3) is 0.400. The third-order valence-corrected chi connectivity index (χ3v) is 7.98. The quantitative estimate of drug-likeness (QED) is 0.270. The van der Waals surface area contributed by atoms with Gasteiger partial charge in [0.15, 0.2) is 0 Å². The Morgan fingerprint density at radius 2 is 1.93 bits per heavy atom. The van der Waals surface area contributed by atoms with Crippen molar-refractivity contribution in [1.82, 2.24) is 19.4 Å². The van der Waals surface area contributed by atoms with Crippen molar-refractivity contribution in [2.24, 2.45) is 5.41 Å². The molecular weight excluding hydrogens is 551 g/mol. The molecule has 6 rings (SSSR count). The molecule has 5 heterocycles. The number of piperidine rings is 1. The summed E-state index contributed by atoms with van der Waals surface area (Å²) >= 11 is 0. The molecule has 3 aromatic heterocycles. The van der Waals surface area contributed by atoms with Gasteiger partial charge >= 0.3 is 12.6 Å². The van der Waals surface area contributed by atoms with Gasteiger partial charge < -0.3 is 19.1 Å². The van der Waals surface area contributed by atoms with E-state index in [0.717, 1.165) is 0 Å². The van der Waals surface area contributed by atoms with Crippen molar-refractivity contribution >= 4 is 17.6 Å². The Morgan fingerprint density at radius 3 is 2.64 bits per heavy atom. The maximum Gasteiger partial charge on any atom is 0.387 e. The number of hydrogen-bond donors (Lipinski definition) is 0. The highest BCUT2D eigenvalue weighted by molar-refractivity contribution is 5.76. The van der Waals surface area contributed by atoms with Gasteiger partial charge in [0, 0.05) is 60.9 Å². The molecule has 0 N–H and O–H groups in total. The van der Waals surface area contributed by atoms with E-state index in [-0.39, 0.29) is 17.3 Å². The van der Waals surface area contributed by atoms with Crippen LogP contribution in [0.5, 0.6) is 5.75 Å². The van der Waals surface area contributed by atoms with Crippen LogP contribution in [0.1, 0.15) is 49.7 Å². The molecule has 0 bridgehead atoms. The van der Waals surface area contributed by atoms with Crippen molar-refractivity contribution < 1.29 is 32.2 Å². The first-order valence-electron chi connectivity index (χ1n) is 13.9. The van der Waals surface area contributed by atoms with Gasteiger partial charge in [-0.3, -0.25) is 9.20 Å². The van der Waals surface area contributed by atoms with Crippen molar-refractivity contribution in [2.45, 2.75) is 45.8 Å². The van der Waals surface area contributed by atoms with E-state index in [1.54, 1.807) is 48.1 Å². The molecule has 1 atom stereocenters. The largest absolute Gasteiger partial charge is 0.466 e. The number of aromatic nitrogens is 4. The average Bonchev–Trinajstić information content (AvgIpc) is 3.35. The lowest BCUT2D eigenvalue weighted by Crippen LogP contribution is -2.44. The first-order valence-corrected chi connectivity index (χ1v) is 13.9. The lowest BCUT2D eigenvalue weighted by atomic mass is 9.80. The maximum absolute atomic E-state index is 15.4. The zero-order valence-electron chi connectivity index (χ0n) is 23.2. The molecule has 0 saturated carbocycles. The maximum atomic E-state index is 15.4. The number of pyridine rings is 1. The summed E-state index contributed by atoms with van der Waals surface area (Å²) in [6, 6.07) is 7.80. The summed E-state index contributed by atoms with van der Waals surface area (Å²) in [6.45, 7) is 2.58. The second-order valence-electron chi connectivity index (χ2n) is 10.7. The second-order valence-corrected chi connectivity index (χ2v) is 10.7. The van der Waals surface area contributed by atoms with Crippen LogP contribution in [-0.2, 0) is 20.7 Å². The molecule has 0 unspecified atom stereocenters. The summed E-state index contributed by atoms with van der Waals surface area (Å²) < 4.78 is 59.4. The standard InChI is InChI=1S/C30H30F3N5O4/c1-3-40-27(39)30(2)9-11-37(12-10-30)29-34-15-18(16-35-29)20-17-38-24(14-21(20)31)36-22-8-13-41-26(25(22)38)19-6-4-5-7-23(19)42-28(32)33/h4-7,14-17,26,28H,3,8-13H2,1-2H3/t26-/m0/s1. The molecular formula is C30H30F3N5O4. The normalized spacial score (nSPS) is 18.2. The van der Waals surface area contributed by atoms with E-state index in [1.807, 2.05) is 11.8 Å². The van der Waals surface area contributed by atoms with E-state index in [4.69, 9.17) is 14.2 Å². The van der Waals surface area contributed by atoms with E-state index in [1.165, 1.54) is 12.1 Å². The van der Waals surface area contributed by atoms with E-state index in [2.05, 4.69) is 15.0 Å². The van der Waals surface area contributed by atoms with Crippen molar-refractivity contribution in [3.05, 3.63) is 71.7 Å². The van der Waals surface area contributed by atoms with Gasteiger partial charge in [-0.05, 0) is 32.8 Å². The minimum Gasteiger partial charge on any atom is -0.466 e. The van der Waals surface area contributed by atoms with Crippen LogP contribution < -0.4 is 9.64 Å². The smallest absolute Gasteiger partial charge is 0.387 e. The van der Waals surface area contributed by atoms with Crippen LogP contribution in [0.2, 0.25) is 0 Å². The monoisotopic (exact) mass is 581 g/mol. The van der Waals surface area contributed by atoms with Crippen LogP contribution in [0.4, 0.5) is 19.1 Å². The Balaban J connectivity index is 1.29. The van der Waals surface area contributed by atoms with E-state index in [9.17, 15) is 13.6 Å². The van der Waals surface area contributed by atoms with Gasteiger partial charge in [-0.25, -0.2) is 19.3 Å². The molecule has 0 spiro atoms. The van der Waals surface area contributed by atoms with Crippen LogP contribution in [0.3, 0.4) is 0 Å². The minimum absolute atomic E-state index is 0.00640. The Hall–Kier alpha value is -4.19. The molecule has 42 heavy (non-hydrogen) atoms. The first-order chi connectivity index (χ1) is 20.3. The Kier molecular flexibility index (Phi) is 7.48. The number of anilines is 1. The number of carbonyl (C=O) groups is 1. The van der Waals surface area contributed by atoms with Crippen molar-refractivity contribution in [3.8, 4) is 16.9 Å². The van der Waals surface area contributed by atoms with Crippen LogP contribution in [-0.4, -0.2) is 58.2 Å². The number of ether oxygens (including phenoxy) is 3. The van der Waals surface area contributed by atoms with E-state index >= 15 is 4.39 Å². The second kappa shape index (κ2) is 11.2. The summed E-state index contributed by atoms with van der Waals surface area (Å²) in [6.07, 6.45) is 5.72. The SMILES string of the molecule is CCOC(=O)C1(C)CCN(c2ncc(-c3cn4c5c(nc4cc3F)CCO[C@H]5c3ccccc3OC(F)F)cn2)CC1. The summed E-state index contributed by atoms with van der Waals surface area (Å²) in [5.74, 6) is -0.184. The van der Waals surface area contributed by atoms with E-state index < -0.39 is 23.9 Å². The predicted octanol–water partition coefficient (Wildman–Crippen LogP) is 5.36. The molecule has 2 aliphatic heterocycles. The molecule has 2 aliphatic rings. The van der Waals surface area contributed by atoms with Gasteiger partial charge in [0.25, 0.3) is 0 Å². The van der Waals surface area contributed by atoms with Gasteiger partial charge in [0.2, 0.25) is 5.95 Å². The van der Waals surface area contributed by atoms with E-state index in [0.29, 0.717) is 79.7 Å². The molecule has 220 valence electrons.